The number of nitrogens with zero attached hydrogens (tertiary/aromatic N) is 3. The summed E-state index contributed by atoms with van der Waals surface area (Å²) in [5, 5.41) is 0. The summed E-state index contributed by atoms with van der Waals surface area (Å²) in [6, 6.07) is 3.84. The summed E-state index contributed by atoms with van der Waals surface area (Å²) in [4.78, 5) is 8.12. The van der Waals surface area contributed by atoms with Gasteiger partial charge in [-0.1, -0.05) is 0 Å². The number of imidazole rings is 1. The first kappa shape index (κ1) is 7.79. The van der Waals surface area contributed by atoms with Gasteiger partial charge in [-0.2, -0.15) is 0 Å². The minimum absolute atomic E-state index is 0.529. The molecule has 2 N–H and O–H groups in total. The van der Waals surface area contributed by atoms with E-state index >= 15 is 0 Å². The van der Waals surface area contributed by atoms with Crippen molar-refractivity contribution < 1.29 is 0 Å². The highest BCUT2D eigenvalue weighted by Crippen LogP contribution is 2.11. The van der Waals surface area contributed by atoms with Crippen molar-refractivity contribution in [1.82, 2.24) is 14.5 Å². The fourth-order valence-electron chi connectivity index (χ4n) is 1.25. The lowest BCUT2D eigenvalue weighted by molar-refractivity contribution is 0.965. The number of nitrogens with two attached hydrogens (primary N) is 1. The molecule has 2 heterocycles. The van der Waals surface area contributed by atoms with Crippen molar-refractivity contribution in [2.24, 2.45) is 0 Å². The molecule has 0 spiro atoms. The number of aryl methyl sites for hydroxylation is 1. The van der Waals surface area contributed by atoms with Crippen LogP contribution in [0.25, 0.3) is 5.69 Å². The molecule has 4 heteroatoms. The van der Waals surface area contributed by atoms with E-state index in [-0.39, 0.29) is 0 Å². The first-order chi connectivity index (χ1) is 6.27. The van der Waals surface area contributed by atoms with E-state index in [1.54, 1.807) is 18.6 Å². The third-order valence-electron chi connectivity index (χ3n) is 1.83. The summed E-state index contributed by atoms with van der Waals surface area (Å²) in [5.74, 6) is 1.40. The molecular weight excluding hydrogens is 164 g/mol. The van der Waals surface area contributed by atoms with Crippen LogP contribution in [0.4, 0.5) is 5.82 Å². The maximum absolute atomic E-state index is 5.56. The van der Waals surface area contributed by atoms with Crippen LogP contribution in [0, 0.1) is 6.92 Å². The molecule has 0 aliphatic heterocycles. The van der Waals surface area contributed by atoms with Crippen molar-refractivity contribution in [3.05, 3.63) is 36.5 Å². The van der Waals surface area contributed by atoms with E-state index in [9.17, 15) is 0 Å². The zero-order chi connectivity index (χ0) is 9.26. The largest absolute Gasteiger partial charge is 0.382 e. The molecule has 0 atom stereocenters. The summed E-state index contributed by atoms with van der Waals surface area (Å²) in [6.07, 6.45) is 5.29. The summed E-state index contributed by atoms with van der Waals surface area (Å²) in [5.41, 5.74) is 6.54. The van der Waals surface area contributed by atoms with Crippen LogP contribution in [0.2, 0.25) is 0 Å². The number of anilines is 1. The van der Waals surface area contributed by atoms with Gasteiger partial charge in [0.05, 0.1) is 18.1 Å². The molecule has 0 saturated carbocycles. The summed E-state index contributed by atoms with van der Waals surface area (Å²) < 4.78 is 1.91. The van der Waals surface area contributed by atoms with E-state index in [0.717, 1.165) is 11.5 Å². The van der Waals surface area contributed by atoms with Gasteiger partial charge in [-0.05, 0) is 19.1 Å². The van der Waals surface area contributed by atoms with Gasteiger partial charge in [-0.15, -0.1) is 0 Å². The average Bonchev–Trinajstić information content (AvgIpc) is 2.47. The van der Waals surface area contributed by atoms with Crippen LogP contribution in [0.5, 0.6) is 0 Å². The highest BCUT2D eigenvalue weighted by Gasteiger charge is 2.02. The van der Waals surface area contributed by atoms with Gasteiger partial charge in [0.1, 0.15) is 11.6 Å². The Balaban J connectivity index is 2.53. The number of hydrogen-bond donors (Lipinski definition) is 1. The monoisotopic (exact) mass is 174 g/mol. The Kier molecular flexibility index (Phi) is 1.73. The second-order valence-electron chi connectivity index (χ2n) is 2.79. The number of nitrogen functional groups attached to an aromatic ring is 1. The van der Waals surface area contributed by atoms with Crippen LogP contribution in [0.1, 0.15) is 5.82 Å². The van der Waals surface area contributed by atoms with Crippen molar-refractivity contribution >= 4 is 5.82 Å². The first-order valence-electron chi connectivity index (χ1n) is 3.99. The molecule has 2 rings (SSSR count). The zero-order valence-electron chi connectivity index (χ0n) is 7.31. The van der Waals surface area contributed by atoms with Gasteiger partial charge in [0.2, 0.25) is 0 Å². The highest BCUT2D eigenvalue weighted by molar-refractivity contribution is 5.36. The van der Waals surface area contributed by atoms with Gasteiger partial charge in [-0.25, -0.2) is 4.98 Å². The predicted molar refractivity (Wildman–Crippen MR) is 50.5 cm³/mol. The maximum Gasteiger partial charge on any atom is 0.142 e. The van der Waals surface area contributed by atoms with Crippen LogP contribution >= 0.6 is 0 Å². The van der Waals surface area contributed by atoms with Gasteiger partial charge in [0, 0.05) is 6.20 Å². The lowest BCUT2D eigenvalue weighted by atomic mass is 10.4. The second-order valence-corrected chi connectivity index (χ2v) is 2.79. The van der Waals surface area contributed by atoms with Gasteiger partial charge < -0.3 is 10.3 Å². The minimum atomic E-state index is 0.529. The Morgan fingerprint density at radius 2 is 2.31 bits per heavy atom. The second kappa shape index (κ2) is 2.90. The Morgan fingerprint density at radius 1 is 1.46 bits per heavy atom. The molecule has 0 bridgehead atoms. The quantitative estimate of drug-likeness (QED) is 0.705. The third-order valence-corrected chi connectivity index (χ3v) is 1.83. The third kappa shape index (κ3) is 1.38. The molecule has 2 aromatic heterocycles. The van der Waals surface area contributed by atoms with Gasteiger partial charge in [-0.3, -0.25) is 4.98 Å². The van der Waals surface area contributed by atoms with E-state index < -0.39 is 0 Å². The van der Waals surface area contributed by atoms with Crippen molar-refractivity contribution in [3.8, 4) is 5.69 Å². The predicted octanol–water partition coefficient (Wildman–Crippen LogP) is 1.16. The summed E-state index contributed by atoms with van der Waals surface area (Å²) in [7, 11) is 0. The topological polar surface area (TPSA) is 56.7 Å². The van der Waals surface area contributed by atoms with Crippen molar-refractivity contribution in [2.75, 3.05) is 5.73 Å². The number of rotatable bonds is 1. The molecule has 0 aliphatic rings. The zero-order valence-corrected chi connectivity index (χ0v) is 7.31. The normalized spacial score (nSPS) is 10.2. The SMILES string of the molecule is Cc1nc(N)cn1-c1cccnc1. The molecular formula is C9H10N4. The highest BCUT2D eigenvalue weighted by atomic mass is 15.1. The molecule has 4 nitrogen and oxygen atoms in total. The smallest absolute Gasteiger partial charge is 0.142 e. The number of pyridine rings is 1. The van der Waals surface area contributed by atoms with Crippen LogP contribution < -0.4 is 5.73 Å². The molecule has 2 aromatic rings. The van der Waals surface area contributed by atoms with Crippen LogP contribution in [0.3, 0.4) is 0 Å². The van der Waals surface area contributed by atoms with E-state index in [4.69, 9.17) is 5.73 Å². The minimum Gasteiger partial charge on any atom is -0.382 e. The maximum atomic E-state index is 5.56. The summed E-state index contributed by atoms with van der Waals surface area (Å²) >= 11 is 0. The Hall–Kier alpha value is -1.84. The Morgan fingerprint density at radius 3 is 2.85 bits per heavy atom. The van der Waals surface area contributed by atoms with Gasteiger partial charge in [0.15, 0.2) is 0 Å². The molecule has 0 amide bonds. The standard InChI is InChI=1S/C9H10N4/c1-7-12-9(10)6-13(7)8-3-2-4-11-5-8/h2-6H,10H2,1H3. The lowest BCUT2D eigenvalue weighted by Gasteiger charge is -2.01. The molecule has 0 radical (unpaired) electrons. The van der Waals surface area contributed by atoms with E-state index in [1.165, 1.54) is 0 Å². The molecule has 0 aliphatic carbocycles. The fraction of sp³-hybridized carbons (Fsp3) is 0.111. The molecule has 0 unspecified atom stereocenters. The van der Waals surface area contributed by atoms with Crippen molar-refractivity contribution in [1.29, 1.82) is 0 Å². The van der Waals surface area contributed by atoms with Crippen LogP contribution in [-0.4, -0.2) is 14.5 Å². The number of aromatic nitrogens is 3. The average molecular weight is 174 g/mol. The Labute approximate surface area is 76.1 Å². The molecule has 66 valence electrons. The first-order valence-corrected chi connectivity index (χ1v) is 3.99. The van der Waals surface area contributed by atoms with Gasteiger partial charge in [0.25, 0.3) is 0 Å². The molecule has 0 saturated heterocycles. The molecule has 0 fully saturated rings. The van der Waals surface area contributed by atoms with E-state index in [0.29, 0.717) is 5.82 Å². The Bertz CT molecular complexity index is 405. The molecule has 0 aromatic carbocycles. The van der Waals surface area contributed by atoms with Crippen molar-refractivity contribution in [3.63, 3.8) is 0 Å². The summed E-state index contributed by atoms with van der Waals surface area (Å²) in [6.45, 7) is 1.91. The number of hydrogen-bond acceptors (Lipinski definition) is 3. The lowest BCUT2D eigenvalue weighted by Crippen LogP contribution is -1.95. The van der Waals surface area contributed by atoms with Crippen LogP contribution in [0.15, 0.2) is 30.7 Å². The van der Waals surface area contributed by atoms with Gasteiger partial charge >= 0.3 is 0 Å². The van der Waals surface area contributed by atoms with E-state index in [2.05, 4.69) is 9.97 Å². The van der Waals surface area contributed by atoms with E-state index in [1.807, 2.05) is 23.6 Å². The van der Waals surface area contributed by atoms with Crippen molar-refractivity contribution in [2.45, 2.75) is 6.92 Å². The van der Waals surface area contributed by atoms with Crippen LogP contribution in [-0.2, 0) is 0 Å². The fourth-order valence-corrected chi connectivity index (χ4v) is 1.25. The molecule has 13 heavy (non-hydrogen) atoms.